The lowest BCUT2D eigenvalue weighted by molar-refractivity contribution is 0.0681. The molecule has 0 spiro atoms. The maximum atomic E-state index is 11.8. The zero-order chi connectivity index (χ0) is 19.7. The van der Waals surface area contributed by atoms with Gasteiger partial charge in [0.1, 0.15) is 5.69 Å². The van der Waals surface area contributed by atoms with E-state index in [4.69, 9.17) is 19.6 Å². The van der Waals surface area contributed by atoms with Gasteiger partial charge in [-0.25, -0.2) is 4.79 Å². The summed E-state index contributed by atoms with van der Waals surface area (Å²) in [6.45, 7) is 0. The fourth-order valence-electron chi connectivity index (χ4n) is 3.34. The third-order valence-corrected chi connectivity index (χ3v) is 4.76. The van der Waals surface area contributed by atoms with Gasteiger partial charge in [-0.15, -0.1) is 0 Å². The molecule has 1 aliphatic rings. The minimum absolute atomic E-state index is 0.00220. The summed E-state index contributed by atoms with van der Waals surface area (Å²) in [6.07, 6.45) is 1.73. The summed E-state index contributed by atoms with van der Waals surface area (Å²) in [6, 6.07) is 3.37. The number of carboxylic acid groups (broad SMARTS) is 1. The van der Waals surface area contributed by atoms with Crippen LogP contribution in [0.5, 0.6) is 17.2 Å². The molecule has 0 bridgehead atoms. The van der Waals surface area contributed by atoms with E-state index in [0.29, 0.717) is 28.4 Å². The lowest BCUT2D eigenvalue weighted by Crippen LogP contribution is -2.08. The number of rotatable bonds is 8. The van der Waals surface area contributed by atoms with Crippen molar-refractivity contribution in [3.63, 3.8) is 0 Å². The second-order valence-electron chi connectivity index (χ2n) is 6.32. The monoisotopic (exact) mass is 374 g/mol. The average Bonchev–Trinajstić information content (AvgIpc) is 3.45. The molecule has 8 heteroatoms. The predicted octanol–water partition coefficient (Wildman–Crippen LogP) is 2.85. The number of carbonyl (C=O) groups is 1. The van der Waals surface area contributed by atoms with Crippen LogP contribution in [0.25, 0.3) is 11.1 Å². The van der Waals surface area contributed by atoms with Crippen molar-refractivity contribution in [1.82, 2.24) is 4.98 Å². The molecule has 144 valence electrons. The molecule has 1 heterocycles. The smallest absolute Gasteiger partial charge is 0.352 e. The summed E-state index contributed by atoms with van der Waals surface area (Å²) < 4.78 is 16.2. The average molecular weight is 374 g/mol. The standard InChI is InChI=1S/C19H22N2O6/c1-25-12-7-6-10(17(26-2)18(12)27-3)13-11(8-20)21-15(19(23)24)14(13)16(22)9-4-5-9/h6-9,16,20-22H,4-5H2,1-3H3,(H,23,24). The van der Waals surface area contributed by atoms with E-state index in [9.17, 15) is 15.0 Å². The maximum absolute atomic E-state index is 11.8. The number of aliphatic hydroxyl groups is 1. The van der Waals surface area contributed by atoms with E-state index in [1.807, 2.05) is 0 Å². The van der Waals surface area contributed by atoms with E-state index in [2.05, 4.69) is 4.98 Å². The van der Waals surface area contributed by atoms with Crippen LogP contribution in [-0.2, 0) is 0 Å². The molecule has 4 N–H and O–H groups in total. The summed E-state index contributed by atoms with van der Waals surface area (Å²) in [5.74, 6) is -0.0628. The van der Waals surface area contributed by atoms with Gasteiger partial charge in [0.05, 0.1) is 33.1 Å². The van der Waals surface area contributed by atoms with Crippen LogP contribution < -0.4 is 14.2 Å². The number of aromatic carboxylic acids is 1. The molecule has 2 aromatic rings. The minimum Gasteiger partial charge on any atom is -0.493 e. The first-order valence-electron chi connectivity index (χ1n) is 8.45. The highest BCUT2D eigenvalue weighted by molar-refractivity contribution is 5.99. The predicted molar refractivity (Wildman–Crippen MR) is 98.4 cm³/mol. The Morgan fingerprint density at radius 3 is 2.37 bits per heavy atom. The number of aromatic amines is 1. The van der Waals surface area contributed by atoms with Gasteiger partial charge in [-0.1, -0.05) is 0 Å². The highest BCUT2D eigenvalue weighted by Crippen LogP contribution is 2.50. The molecule has 1 aliphatic carbocycles. The quantitative estimate of drug-likeness (QED) is 0.527. The van der Waals surface area contributed by atoms with Gasteiger partial charge in [0.2, 0.25) is 5.75 Å². The van der Waals surface area contributed by atoms with Gasteiger partial charge in [0, 0.05) is 22.9 Å². The number of H-pyrrole nitrogens is 1. The van der Waals surface area contributed by atoms with E-state index in [0.717, 1.165) is 19.1 Å². The van der Waals surface area contributed by atoms with Gasteiger partial charge in [-0.05, 0) is 30.9 Å². The fraction of sp³-hybridized carbons (Fsp3) is 0.368. The van der Waals surface area contributed by atoms with Gasteiger partial charge in [-0.2, -0.15) is 0 Å². The summed E-state index contributed by atoms with van der Waals surface area (Å²) in [7, 11) is 4.44. The Hall–Kier alpha value is -3.00. The van der Waals surface area contributed by atoms with Crippen molar-refractivity contribution in [3.8, 4) is 28.4 Å². The maximum Gasteiger partial charge on any atom is 0.352 e. The molecule has 1 aromatic carbocycles. The first-order chi connectivity index (χ1) is 13.0. The molecule has 1 atom stereocenters. The van der Waals surface area contributed by atoms with Crippen LogP contribution in [0.1, 0.15) is 40.7 Å². The van der Waals surface area contributed by atoms with Crippen LogP contribution in [0.4, 0.5) is 0 Å². The number of aliphatic hydroxyl groups excluding tert-OH is 1. The number of hydrogen-bond donors (Lipinski definition) is 4. The highest BCUT2D eigenvalue weighted by atomic mass is 16.5. The molecular weight excluding hydrogens is 352 g/mol. The SMILES string of the molecule is COc1ccc(-c2c(C=N)[nH]c(C(=O)O)c2C(O)C2CC2)c(OC)c1OC. The van der Waals surface area contributed by atoms with Gasteiger partial charge in [0.25, 0.3) is 0 Å². The van der Waals surface area contributed by atoms with Crippen LogP contribution >= 0.6 is 0 Å². The van der Waals surface area contributed by atoms with E-state index < -0.39 is 12.1 Å². The third-order valence-electron chi connectivity index (χ3n) is 4.76. The van der Waals surface area contributed by atoms with Crippen molar-refractivity contribution >= 4 is 12.2 Å². The number of nitrogens with one attached hydrogen (secondary N) is 2. The van der Waals surface area contributed by atoms with Gasteiger partial charge in [0.15, 0.2) is 11.5 Å². The molecule has 0 radical (unpaired) electrons. The zero-order valence-corrected chi connectivity index (χ0v) is 15.3. The Bertz CT molecular complexity index is 885. The van der Waals surface area contributed by atoms with Crippen molar-refractivity contribution < 1.29 is 29.2 Å². The van der Waals surface area contributed by atoms with Crippen molar-refractivity contribution in [2.45, 2.75) is 18.9 Å². The van der Waals surface area contributed by atoms with Crippen LogP contribution in [-0.4, -0.2) is 48.7 Å². The fourth-order valence-corrected chi connectivity index (χ4v) is 3.34. The van der Waals surface area contributed by atoms with Gasteiger partial charge >= 0.3 is 5.97 Å². The third kappa shape index (κ3) is 3.12. The van der Waals surface area contributed by atoms with Crippen molar-refractivity contribution in [2.24, 2.45) is 5.92 Å². The molecule has 1 saturated carbocycles. The van der Waals surface area contributed by atoms with Crippen molar-refractivity contribution in [3.05, 3.63) is 29.1 Å². The van der Waals surface area contributed by atoms with Crippen LogP contribution in [0, 0.1) is 11.3 Å². The Balaban J connectivity index is 2.34. The molecule has 27 heavy (non-hydrogen) atoms. The largest absolute Gasteiger partial charge is 0.493 e. The molecular formula is C19H22N2O6. The number of benzene rings is 1. The molecule has 8 nitrogen and oxygen atoms in total. The van der Waals surface area contributed by atoms with Crippen LogP contribution in [0.15, 0.2) is 12.1 Å². The van der Waals surface area contributed by atoms with Crippen LogP contribution in [0.2, 0.25) is 0 Å². The van der Waals surface area contributed by atoms with Gasteiger partial charge in [-0.3, -0.25) is 0 Å². The Labute approximate surface area is 156 Å². The molecule has 1 aromatic heterocycles. The Morgan fingerprint density at radius 1 is 1.22 bits per heavy atom. The minimum atomic E-state index is -1.20. The summed E-state index contributed by atoms with van der Waals surface area (Å²) in [5.41, 5.74) is 1.33. The molecule has 1 unspecified atom stereocenters. The van der Waals surface area contributed by atoms with Gasteiger partial charge < -0.3 is 34.8 Å². The summed E-state index contributed by atoms with van der Waals surface area (Å²) >= 11 is 0. The van der Waals surface area contributed by atoms with Crippen molar-refractivity contribution in [1.29, 1.82) is 5.41 Å². The normalized spacial score (nSPS) is 14.5. The Morgan fingerprint density at radius 2 is 1.89 bits per heavy atom. The number of methoxy groups -OCH3 is 3. The topological polar surface area (TPSA) is 125 Å². The van der Waals surface area contributed by atoms with Crippen LogP contribution in [0.3, 0.4) is 0 Å². The number of aromatic nitrogens is 1. The second-order valence-corrected chi connectivity index (χ2v) is 6.32. The van der Waals surface area contributed by atoms with E-state index >= 15 is 0 Å². The number of carboxylic acids is 1. The van der Waals surface area contributed by atoms with E-state index in [-0.39, 0.29) is 22.9 Å². The lowest BCUT2D eigenvalue weighted by Gasteiger charge is -2.18. The number of hydrogen-bond acceptors (Lipinski definition) is 6. The molecule has 0 amide bonds. The number of ether oxygens (including phenoxy) is 3. The van der Waals surface area contributed by atoms with E-state index in [1.54, 1.807) is 12.1 Å². The molecule has 0 aliphatic heterocycles. The molecule has 0 saturated heterocycles. The lowest BCUT2D eigenvalue weighted by atomic mass is 9.93. The second kappa shape index (κ2) is 7.32. The first kappa shape index (κ1) is 18.8. The Kier molecular flexibility index (Phi) is 5.09. The molecule has 1 fully saturated rings. The zero-order valence-electron chi connectivity index (χ0n) is 15.3. The molecule has 3 rings (SSSR count). The first-order valence-corrected chi connectivity index (χ1v) is 8.45. The van der Waals surface area contributed by atoms with E-state index in [1.165, 1.54) is 21.3 Å². The van der Waals surface area contributed by atoms with Crippen molar-refractivity contribution in [2.75, 3.05) is 21.3 Å². The summed E-state index contributed by atoms with van der Waals surface area (Å²) in [4.78, 5) is 14.5. The highest BCUT2D eigenvalue weighted by Gasteiger charge is 2.38. The summed E-state index contributed by atoms with van der Waals surface area (Å²) in [5, 5.41) is 28.1.